The lowest BCUT2D eigenvalue weighted by Crippen LogP contribution is -2.47. The number of rotatable bonds is 2. The van der Waals surface area contributed by atoms with Gasteiger partial charge in [-0.3, -0.25) is 4.84 Å². The molecule has 6 heteroatoms. The van der Waals surface area contributed by atoms with Crippen molar-refractivity contribution in [1.29, 1.82) is 0 Å². The van der Waals surface area contributed by atoms with E-state index in [1.165, 1.54) is 4.90 Å². The van der Waals surface area contributed by atoms with Crippen LogP contribution in [0.1, 0.15) is 33.6 Å². The molecule has 1 rings (SSSR count). The molecule has 1 saturated heterocycles. The molecular weight excluding hydrogens is 212 g/mol. The zero-order valence-corrected chi connectivity index (χ0v) is 9.82. The van der Waals surface area contributed by atoms with E-state index in [-0.39, 0.29) is 0 Å². The van der Waals surface area contributed by atoms with E-state index in [4.69, 9.17) is 9.94 Å². The number of amides is 2. The van der Waals surface area contributed by atoms with Crippen molar-refractivity contribution in [3.8, 4) is 0 Å². The quantitative estimate of drug-likeness (QED) is 0.693. The normalized spacial score (nSPS) is 20.9. The second-order valence-corrected chi connectivity index (χ2v) is 4.81. The number of hydroxylamine groups is 1. The zero-order valence-electron chi connectivity index (χ0n) is 9.82. The van der Waals surface area contributed by atoms with Gasteiger partial charge in [-0.05, 0) is 33.6 Å². The van der Waals surface area contributed by atoms with Crippen LogP contribution >= 0.6 is 0 Å². The van der Waals surface area contributed by atoms with Crippen LogP contribution in [0.3, 0.4) is 0 Å². The Kier molecular flexibility index (Phi) is 3.74. The van der Waals surface area contributed by atoms with Gasteiger partial charge in [-0.1, -0.05) is 0 Å². The van der Waals surface area contributed by atoms with E-state index in [0.717, 1.165) is 0 Å². The third-order valence-electron chi connectivity index (χ3n) is 2.24. The topological polar surface area (TPSA) is 78.9 Å². The Morgan fingerprint density at radius 3 is 2.56 bits per heavy atom. The number of hydrogen-bond donors (Lipinski definition) is 2. The summed E-state index contributed by atoms with van der Waals surface area (Å²) in [6.07, 6.45) is 1.21. The van der Waals surface area contributed by atoms with Gasteiger partial charge in [0.25, 0.3) is 0 Å². The Hall–Kier alpha value is -1.30. The first kappa shape index (κ1) is 12.8. The van der Waals surface area contributed by atoms with Crippen molar-refractivity contribution in [2.45, 2.75) is 45.3 Å². The molecule has 16 heavy (non-hydrogen) atoms. The highest BCUT2D eigenvalue weighted by Crippen LogP contribution is 2.17. The van der Waals surface area contributed by atoms with Crippen molar-refractivity contribution in [3.63, 3.8) is 0 Å². The smallest absolute Gasteiger partial charge is 0.342 e. The second kappa shape index (κ2) is 4.69. The summed E-state index contributed by atoms with van der Waals surface area (Å²) in [6, 6.07) is -1.22. The Bertz CT molecular complexity index is 285. The molecule has 0 unspecified atom stereocenters. The van der Waals surface area contributed by atoms with Crippen LogP contribution in [0.5, 0.6) is 0 Å². The summed E-state index contributed by atoms with van der Waals surface area (Å²) in [4.78, 5) is 28.9. The van der Waals surface area contributed by atoms with Gasteiger partial charge in [-0.2, -0.15) is 0 Å². The number of likely N-dealkylation sites (tertiary alicyclic amines) is 1. The van der Waals surface area contributed by atoms with Crippen LogP contribution in [0, 0.1) is 0 Å². The van der Waals surface area contributed by atoms with Gasteiger partial charge in [0.1, 0.15) is 6.04 Å². The van der Waals surface area contributed by atoms with Gasteiger partial charge in [-0.15, -0.1) is 0 Å². The Morgan fingerprint density at radius 1 is 1.44 bits per heavy atom. The number of hydrogen-bond acceptors (Lipinski definition) is 3. The van der Waals surface area contributed by atoms with E-state index >= 15 is 0 Å². The van der Waals surface area contributed by atoms with E-state index in [1.54, 1.807) is 20.8 Å². The molecule has 0 aromatic rings. The maximum absolute atomic E-state index is 11.6. The van der Waals surface area contributed by atoms with Crippen molar-refractivity contribution in [1.82, 2.24) is 10.4 Å². The van der Waals surface area contributed by atoms with Crippen molar-refractivity contribution < 1.29 is 19.5 Å². The second-order valence-electron chi connectivity index (χ2n) is 4.81. The van der Waals surface area contributed by atoms with E-state index in [1.807, 2.05) is 0 Å². The summed E-state index contributed by atoms with van der Waals surface area (Å²) in [5, 5.41) is 8.90. The summed E-state index contributed by atoms with van der Waals surface area (Å²) in [6.45, 7) is 5.85. The molecule has 0 saturated carbocycles. The third-order valence-corrected chi connectivity index (χ3v) is 2.24. The van der Waals surface area contributed by atoms with Crippen LogP contribution in [0.4, 0.5) is 4.79 Å². The number of urea groups is 1. The van der Waals surface area contributed by atoms with Gasteiger partial charge >= 0.3 is 12.0 Å². The Balaban J connectivity index is 2.50. The summed E-state index contributed by atoms with van der Waals surface area (Å²) >= 11 is 0. The first-order valence-corrected chi connectivity index (χ1v) is 5.29. The molecule has 92 valence electrons. The minimum absolute atomic E-state index is 0.455. The summed E-state index contributed by atoms with van der Waals surface area (Å²) in [5.74, 6) is -0.969. The molecule has 0 aromatic carbocycles. The van der Waals surface area contributed by atoms with Gasteiger partial charge < -0.3 is 10.0 Å². The summed E-state index contributed by atoms with van der Waals surface area (Å²) < 4.78 is 0. The molecule has 1 atom stereocenters. The minimum Gasteiger partial charge on any atom is -0.480 e. The van der Waals surface area contributed by atoms with Crippen molar-refractivity contribution in [2.24, 2.45) is 0 Å². The molecule has 0 aromatic heterocycles. The van der Waals surface area contributed by atoms with Crippen LogP contribution in [0.25, 0.3) is 0 Å². The van der Waals surface area contributed by atoms with E-state index in [0.29, 0.717) is 19.4 Å². The monoisotopic (exact) mass is 230 g/mol. The van der Waals surface area contributed by atoms with E-state index in [2.05, 4.69) is 5.48 Å². The largest absolute Gasteiger partial charge is 0.480 e. The fourth-order valence-electron chi connectivity index (χ4n) is 1.52. The predicted molar refractivity (Wildman–Crippen MR) is 56.7 cm³/mol. The average molecular weight is 230 g/mol. The van der Waals surface area contributed by atoms with Crippen LogP contribution < -0.4 is 5.48 Å². The van der Waals surface area contributed by atoms with Crippen molar-refractivity contribution in [3.05, 3.63) is 0 Å². The standard InChI is InChI=1S/C10H18N2O4/c1-10(2,3)16-11-9(15)12-6-4-5-7(12)8(13)14/h7H,4-6H2,1-3H3,(H,11,15)(H,13,14)/t7-/m1/s1. The minimum atomic E-state index is -0.969. The number of nitrogens with zero attached hydrogens (tertiary/aromatic N) is 1. The maximum Gasteiger partial charge on any atom is 0.342 e. The van der Waals surface area contributed by atoms with Crippen molar-refractivity contribution >= 4 is 12.0 Å². The molecule has 0 aliphatic carbocycles. The number of nitrogens with one attached hydrogen (secondary N) is 1. The van der Waals surface area contributed by atoms with Crippen molar-refractivity contribution in [2.75, 3.05) is 6.54 Å². The number of carbonyl (C=O) groups excluding carboxylic acids is 1. The molecule has 1 fully saturated rings. The maximum atomic E-state index is 11.6. The molecule has 0 bridgehead atoms. The summed E-state index contributed by atoms with van der Waals surface area (Å²) in [5.41, 5.74) is 1.78. The van der Waals surface area contributed by atoms with Crippen LogP contribution in [0.2, 0.25) is 0 Å². The van der Waals surface area contributed by atoms with E-state index < -0.39 is 23.6 Å². The van der Waals surface area contributed by atoms with Gasteiger partial charge in [0.2, 0.25) is 0 Å². The predicted octanol–water partition coefficient (Wildman–Crippen LogP) is 0.975. The Labute approximate surface area is 94.5 Å². The molecule has 0 spiro atoms. The lowest BCUT2D eigenvalue weighted by molar-refractivity contribution is -0.141. The van der Waals surface area contributed by atoms with Crippen LogP contribution in [-0.4, -0.2) is 40.2 Å². The highest BCUT2D eigenvalue weighted by Gasteiger charge is 2.34. The van der Waals surface area contributed by atoms with Gasteiger partial charge in [0, 0.05) is 6.54 Å². The molecule has 1 heterocycles. The summed E-state index contributed by atoms with van der Waals surface area (Å²) in [7, 11) is 0. The number of aliphatic carboxylic acids is 1. The molecule has 2 N–H and O–H groups in total. The lowest BCUT2D eigenvalue weighted by atomic mass is 10.2. The van der Waals surface area contributed by atoms with Gasteiger partial charge in [0.15, 0.2) is 0 Å². The van der Waals surface area contributed by atoms with E-state index in [9.17, 15) is 9.59 Å². The molecular formula is C10H18N2O4. The highest BCUT2D eigenvalue weighted by atomic mass is 16.7. The first-order valence-electron chi connectivity index (χ1n) is 5.29. The number of carboxylic acids is 1. The molecule has 6 nitrogen and oxygen atoms in total. The Morgan fingerprint density at radius 2 is 2.06 bits per heavy atom. The zero-order chi connectivity index (χ0) is 12.3. The molecule has 0 radical (unpaired) electrons. The van der Waals surface area contributed by atoms with Gasteiger partial charge in [-0.25, -0.2) is 15.1 Å². The highest BCUT2D eigenvalue weighted by molar-refractivity contribution is 5.82. The number of carboxylic acid groups (broad SMARTS) is 1. The van der Waals surface area contributed by atoms with Gasteiger partial charge in [0.05, 0.1) is 5.60 Å². The lowest BCUT2D eigenvalue weighted by Gasteiger charge is -2.25. The van der Waals surface area contributed by atoms with Crippen LogP contribution in [0.15, 0.2) is 0 Å². The fraction of sp³-hybridized carbons (Fsp3) is 0.800. The molecule has 1 aliphatic heterocycles. The SMILES string of the molecule is CC(C)(C)ONC(=O)N1CCC[C@@H]1C(=O)O. The average Bonchev–Trinajstić information content (AvgIpc) is 2.61. The van der Waals surface area contributed by atoms with Crippen LogP contribution in [-0.2, 0) is 9.63 Å². The molecule has 2 amide bonds. The fourth-order valence-corrected chi connectivity index (χ4v) is 1.52. The third kappa shape index (κ3) is 3.37. The first-order chi connectivity index (χ1) is 7.31. The molecule has 1 aliphatic rings. The number of carbonyl (C=O) groups is 2.